The van der Waals surface area contributed by atoms with Gasteiger partial charge in [-0.2, -0.15) is 0 Å². The van der Waals surface area contributed by atoms with E-state index in [1.54, 1.807) is 0 Å². The van der Waals surface area contributed by atoms with Crippen molar-refractivity contribution >= 4 is 0 Å². The fourth-order valence-corrected chi connectivity index (χ4v) is 6.00. The first-order valence-corrected chi connectivity index (χ1v) is 15.1. The molecule has 0 heterocycles. The zero-order valence-electron chi connectivity index (χ0n) is 27.5. The molecule has 0 N–H and O–H groups in total. The molecule has 61 heavy (non-hydrogen) atoms. The summed E-state index contributed by atoms with van der Waals surface area (Å²) >= 11 is 0. The number of halogens is 25. The van der Waals surface area contributed by atoms with Gasteiger partial charge in [-0.1, -0.05) is 0 Å². The Morgan fingerprint density at radius 2 is 0.262 bits per heavy atom. The molecule has 6 aromatic rings. The van der Waals surface area contributed by atoms with Gasteiger partial charge in [0.15, 0.2) is 116 Å². The Balaban J connectivity index is 2.23. The molecular weight excluding hydrogens is 907 g/mol. The van der Waals surface area contributed by atoms with E-state index in [-0.39, 0.29) is 0 Å². The lowest BCUT2D eigenvalue weighted by molar-refractivity contribution is 0.379. The van der Waals surface area contributed by atoms with Gasteiger partial charge < -0.3 is 0 Å². The highest BCUT2D eigenvalue weighted by molar-refractivity contribution is 6.08. The number of rotatable bonds is 5. The van der Waals surface area contributed by atoms with Crippen LogP contribution in [0.25, 0.3) is 55.6 Å². The summed E-state index contributed by atoms with van der Waals surface area (Å²) in [7, 11) is 0. The summed E-state index contributed by atoms with van der Waals surface area (Å²) in [4.78, 5) is 0. The Morgan fingerprint density at radius 1 is 0.131 bits per heavy atom. The van der Waals surface area contributed by atoms with Crippen LogP contribution in [0.1, 0.15) is 0 Å². The average Bonchev–Trinajstić information content (AvgIpc) is 3.23. The van der Waals surface area contributed by atoms with Gasteiger partial charge >= 0.3 is 0 Å². The van der Waals surface area contributed by atoms with Gasteiger partial charge in [0, 0.05) is 16.7 Å². The van der Waals surface area contributed by atoms with Crippen LogP contribution in [0.5, 0.6) is 0 Å². The SMILES string of the molecule is Fc1c(F)c(F)c(-c2cc(-c3c(F)c(F)c(F)c(F)c3F)c(-c3c(F)c(F)c(F)c(F)c3F)c(-c3c(F)c(F)c(F)c(F)c3F)c2-c2c(F)c(F)c(F)c(F)c2F)c(F)c1F. The third kappa shape index (κ3) is 6.04. The molecule has 0 saturated carbocycles. The van der Waals surface area contributed by atoms with Gasteiger partial charge in [-0.25, -0.2) is 110 Å². The molecule has 0 saturated heterocycles. The maximum Gasteiger partial charge on any atom is 0.200 e. The lowest BCUT2D eigenvalue weighted by Crippen LogP contribution is -2.14. The molecule has 6 aromatic carbocycles. The minimum absolute atomic E-state index is 1.03. The van der Waals surface area contributed by atoms with Crippen molar-refractivity contribution in [2.45, 2.75) is 0 Å². The lowest BCUT2D eigenvalue weighted by Gasteiger charge is -2.26. The number of hydrogen-bond acceptors (Lipinski definition) is 0. The van der Waals surface area contributed by atoms with Crippen LogP contribution in [-0.2, 0) is 0 Å². The molecule has 6 rings (SSSR count). The molecule has 25 heteroatoms. The molecule has 320 valence electrons. The lowest BCUT2D eigenvalue weighted by atomic mass is 9.77. The Hall–Kier alpha value is -6.43. The number of hydrogen-bond donors (Lipinski definition) is 0. The molecule has 0 unspecified atom stereocenters. The quantitative estimate of drug-likeness (QED) is 0.0919. The minimum Gasteiger partial charge on any atom is -0.203 e. The second-order valence-corrected chi connectivity index (χ2v) is 11.8. The predicted octanol–water partition coefficient (Wildman–Crippen LogP) is 13.5. The van der Waals surface area contributed by atoms with Crippen LogP contribution in [0.15, 0.2) is 6.07 Å². The Kier molecular flexibility index (Phi) is 10.8. The van der Waals surface area contributed by atoms with Gasteiger partial charge in [0.1, 0.15) is 0 Å². The van der Waals surface area contributed by atoms with E-state index in [4.69, 9.17) is 0 Å². The van der Waals surface area contributed by atoms with E-state index in [1.807, 2.05) is 0 Å². The smallest absolute Gasteiger partial charge is 0.200 e. The van der Waals surface area contributed by atoms with Crippen molar-refractivity contribution in [1.29, 1.82) is 0 Å². The van der Waals surface area contributed by atoms with Crippen LogP contribution < -0.4 is 0 Å². The summed E-state index contributed by atoms with van der Waals surface area (Å²) in [6.07, 6.45) is 0. The molecule has 0 amide bonds. The summed E-state index contributed by atoms with van der Waals surface area (Å²) in [5, 5.41) is 0. The average molecular weight is 908 g/mol. The van der Waals surface area contributed by atoms with Crippen LogP contribution in [0, 0.1) is 145 Å². The Morgan fingerprint density at radius 3 is 0.443 bits per heavy atom. The van der Waals surface area contributed by atoms with E-state index in [0.29, 0.717) is 0 Å². The minimum atomic E-state index is -3.58. The highest BCUT2D eigenvalue weighted by Crippen LogP contribution is 2.56. The van der Waals surface area contributed by atoms with Gasteiger partial charge in [-0.3, -0.25) is 0 Å². The van der Waals surface area contributed by atoms with Crippen LogP contribution in [0.2, 0.25) is 0 Å². The van der Waals surface area contributed by atoms with E-state index in [2.05, 4.69) is 0 Å². The van der Waals surface area contributed by atoms with Gasteiger partial charge in [-0.05, 0) is 17.2 Å². The molecular formula is C36HF25. The molecule has 0 aromatic heterocycles. The van der Waals surface area contributed by atoms with Gasteiger partial charge in [0.25, 0.3) is 0 Å². The van der Waals surface area contributed by atoms with Gasteiger partial charge in [-0.15, -0.1) is 0 Å². The molecule has 0 bridgehead atoms. The molecule has 0 aliphatic carbocycles. The van der Waals surface area contributed by atoms with Crippen molar-refractivity contribution < 1.29 is 110 Å². The molecule has 0 spiro atoms. The predicted molar refractivity (Wildman–Crippen MR) is 153 cm³/mol. The van der Waals surface area contributed by atoms with Crippen molar-refractivity contribution in [3.8, 4) is 55.6 Å². The van der Waals surface area contributed by atoms with Crippen LogP contribution >= 0.6 is 0 Å². The monoisotopic (exact) mass is 908 g/mol. The molecule has 0 fully saturated rings. The van der Waals surface area contributed by atoms with Crippen molar-refractivity contribution in [3.63, 3.8) is 0 Å². The zero-order valence-corrected chi connectivity index (χ0v) is 27.5. The van der Waals surface area contributed by atoms with Crippen molar-refractivity contribution in [2.24, 2.45) is 0 Å². The van der Waals surface area contributed by atoms with Crippen molar-refractivity contribution in [1.82, 2.24) is 0 Å². The van der Waals surface area contributed by atoms with E-state index >= 15 is 43.9 Å². The van der Waals surface area contributed by atoms with E-state index in [0.717, 1.165) is 0 Å². The summed E-state index contributed by atoms with van der Waals surface area (Å²) in [6, 6.07) is -1.03. The standard InChI is InChI=1S/C36HF25/c37-12-6(13(38)23(48)32(57)22(12)47)2-1-3(7-14(39)24(49)33(58)25(50)15(7)40)5(10-18(43)28(53)35(60)29(54)19(10)44)8(11-20(45)30(55)36(61)31(56)21(11)46)4(2)9-16(41)26(51)34(59)27(52)17(9)42/h1H. The van der Waals surface area contributed by atoms with Gasteiger partial charge in [0.2, 0.25) is 29.1 Å². The topological polar surface area (TPSA) is 0 Å². The van der Waals surface area contributed by atoms with Crippen LogP contribution in [0.4, 0.5) is 110 Å². The normalized spacial score (nSPS) is 11.7. The van der Waals surface area contributed by atoms with Crippen molar-refractivity contribution in [2.75, 3.05) is 0 Å². The summed E-state index contributed by atoms with van der Waals surface area (Å²) in [6.45, 7) is 0. The molecule has 0 aliphatic heterocycles. The fraction of sp³-hybridized carbons (Fsp3) is 0. The largest absolute Gasteiger partial charge is 0.203 e. The van der Waals surface area contributed by atoms with Gasteiger partial charge in [0.05, 0.1) is 27.8 Å². The third-order valence-electron chi connectivity index (χ3n) is 8.67. The summed E-state index contributed by atoms with van der Waals surface area (Å²) < 4.78 is 377. The van der Waals surface area contributed by atoms with Crippen molar-refractivity contribution in [3.05, 3.63) is 151 Å². The first kappa shape index (κ1) is 44.1. The van der Waals surface area contributed by atoms with Crippen LogP contribution in [-0.4, -0.2) is 0 Å². The van der Waals surface area contributed by atoms with E-state index < -0.39 is 207 Å². The second kappa shape index (κ2) is 14.9. The maximum absolute atomic E-state index is 15.9. The maximum atomic E-state index is 15.9. The zero-order chi connectivity index (χ0) is 45.9. The highest BCUT2D eigenvalue weighted by atomic mass is 19.2. The third-order valence-corrected chi connectivity index (χ3v) is 8.67. The molecule has 0 nitrogen and oxygen atoms in total. The first-order chi connectivity index (χ1) is 28.3. The summed E-state index contributed by atoms with van der Waals surface area (Å²) in [5.74, 6) is -85.2. The molecule has 0 atom stereocenters. The first-order valence-electron chi connectivity index (χ1n) is 15.1. The Labute approximate surface area is 317 Å². The van der Waals surface area contributed by atoms with E-state index in [1.165, 1.54) is 0 Å². The van der Waals surface area contributed by atoms with Crippen LogP contribution in [0.3, 0.4) is 0 Å². The number of benzene rings is 6. The highest BCUT2D eigenvalue weighted by Gasteiger charge is 2.42. The fourth-order valence-electron chi connectivity index (χ4n) is 6.00. The second-order valence-electron chi connectivity index (χ2n) is 11.8. The van der Waals surface area contributed by atoms with E-state index in [9.17, 15) is 65.9 Å². The Bertz CT molecular complexity index is 2660. The molecule has 0 aliphatic rings. The summed E-state index contributed by atoms with van der Waals surface area (Å²) in [5.41, 5.74) is -30.7. The molecule has 0 radical (unpaired) electrons.